The van der Waals surface area contributed by atoms with Gasteiger partial charge >= 0.3 is 6.03 Å². The molecule has 92 valence electrons. The van der Waals surface area contributed by atoms with Crippen molar-refractivity contribution in [1.29, 1.82) is 0 Å². The van der Waals surface area contributed by atoms with Crippen LogP contribution in [-0.2, 0) is 0 Å². The van der Waals surface area contributed by atoms with E-state index in [-0.39, 0.29) is 24.5 Å². The number of benzene rings is 1. The predicted octanol–water partition coefficient (Wildman–Crippen LogP) is 1.27. The van der Waals surface area contributed by atoms with Gasteiger partial charge < -0.3 is 15.3 Å². The molecule has 1 heterocycles. The summed E-state index contributed by atoms with van der Waals surface area (Å²) >= 11 is 0. The number of aliphatic hydroxyl groups excluding tert-OH is 1. The Labute approximate surface area is 99.0 Å². The number of hydrogen-bond acceptors (Lipinski definition) is 2. The van der Waals surface area contributed by atoms with Gasteiger partial charge in [-0.05, 0) is 24.1 Å². The topological polar surface area (TPSA) is 52.6 Å². The van der Waals surface area contributed by atoms with E-state index in [0.29, 0.717) is 13.1 Å². The maximum atomic E-state index is 13.1. The van der Waals surface area contributed by atoms with Gasteiger partial charge in [-0.3, -0.25) is 0 Å². The van der Waals surface area contributed by atoms with Crippen molar-refractivity contribution in [1.82, 2.24) is 10.2 Å². The molecule has 0 saturated carbocycles. The van der Waals surface area contributed by atoms with Gasteiger partial charge in [-0.1, -0.05) is 12.1 Å². The van der Waals surface area contributed by atoms with Gasteiger partial charge in [-0.25, -0.2) is 9.18 Å². The van der Waals surface area contributed by atoms with Crippen molar-refractivity contribution in [3.63, 3.8) is 0 Å². The van der Waals surface area contributed by atoms with E-state index in [9.17, 15) is 9.18 Å². The standard InChI is InChI=1S/C12H15FN2O2/c13-10-3-1-2-9(8-10)11-4-5-15(6-7-16)12(17)14-11/h1-3,8,11,16H,4-7H2,(H,14,17). The first-order chi connectivity index (χ1) is 8.20. The number of amides is 2. The van der Waals surface area contributed by atoms with Gasteiger partial charge in [-0.15, -0.1) is 0 Å². The van der Waals surface area contributed by atoms with Gasteiger partial charge in [-0.2, -0.15) is 0 Å². The van der Waals surface area contributed by atoms with Gasteiger partial charge in [0, 0.05) is 13.1 Å². The summed E-state index contributed by atoms with van der Waals surface area (Å²) in [6.07, 6.45) is 0.717. The molecule has 2 rings (SSSR count). The number of nitrogens with zero attached hydrogens (tertiary/aromatic N) is 1. The lowest BCUT2D eigenvalue weighted by molar-refractivity contribution is 0.156. The van der Waals surface area contributed by atoms with Gasteiger partial charge in [0.05, 0.1) is 12.6 Å². The minimum absolute atomic E-state index is 0.0436. The third-order valence-corrected chi connectivity index (χ3v) is 2.89. The molecule has 1 aliphatic rings. The molecule has 17 heavy (non-hydrogen) atoms. The molecule has 1 saturated heterocycles. The Hall–Kier alpha value is -1.62. The molecule has 5 heteroatoms. The molecule has 0 aromatic heterocycles. The molecule has 1 aliphatic heterocycles. The number of hydrogen-bond donors (Lipinski definition) is 2. The SMILES string of the molecule is O=C1NC(c2cccc(F)c2)CCN1CCO. The van der Waals surface area contributed by atoms with E-state index in [0.717, 1.165) is 12.0 Å². The maximum Gasteiger partial charge on any atom is 0.317 e. The highest BCUT2D eigenvalue weighted by Crippen LogP contribution is 2.21. The molecule has 0 spiro atoms. The number of carbonyl (C=O) groups is 1. The van der Waals surface area contributed by atoms with Crippen molar-refractivity contribution < 1.29 is 14.3 Å². The molecule has 0 aliphatic carbocycles. The molecular formula is C12H15FN2O2. The van der Waals surface area contributed by atoms with Crippen LogP contribution in [0.2, 0.25) is 0 Å². The van der Waals surface area contributed by atoms with E-state index in [2.05, 4.69) is 5.32 Å². The van der Waals surface area contributed by atoms with Crippen LogP contribution >= 0.6 is 0 Å². The number of β-amino-alcohol motifs (C(OH)–C–C–N with tert-alkyl or cyclic N) is 1. The fourth-order valence-corrected chi connectivity index (χ4v) is 2.01. The Morgan fingerprint density at radius 1 is 1.53 bits per heavy atom. The summed E-state index contributed by atoms with van der Waals surface area (Å²) in [5, 5.41) is 11.6. The molecule has 1 unspecified atom stereocenters. The first-order valence-electron chi connectivity index (χ1n) is 5.62. The lowest BCUT2D eigenvalue weighted by atomic mass is 10.0. The lowest BCUT2D eigenvalue weighted by Crippen LogP contribution is -2.48. The van der Waals surface area contributed by atoms with E-state index in [1.807, 2.05) is 0 Å². The number of halogens is 1. The Morgan fingerprint density at radius 2 is 2.35 bits per heavy atom. The van der Waals surface area contributed by atoms with Crippen LogP contribution in [0.25, 0.3) is 0 Å². The Kier molecular flexibility index (Phi) is 3.58. The highest BCUT2D eigenvalue weighted by Gasteiger charge is 2.25. The highest BCUT2D eigenvalue weighted by atomic mass is 19.1. The summed E-state index contributed by atoms with van der Waals surface area (Å²) in [5.41, 5.74) is 0.780. The molecule has 0 bridgehead atoms. The van der Waals surface area contributed by atoms with E-state index in [1.165, 1.54) is 12.1 Å². The first-order valence-corrected chi connectivity index (χ1v) is 5.62. The highest BCUT2D eigenvalue weighted by molar-refractivity contribution is 5.75. The van der Waals surface area contributed by atoms with Crippen LogP contribution in [0.1, 0.15) is 18.0 Å². The lowest BCUT2D eigenvalue weighted by Gasteiger charge is -2.32. The first kappa shape index (κ1) is 11.9. The van der Waals surface area contributed by atoms with Crippen molar-refractivity contribution in [3.8, 4) is 0 Å². The number of nitrogens with one attached hydrogen (secondary N) is 1. The summed E-state index contributed by atoms with van der Waals surface area (Å²) in [4.78, 5) is 13.2. The maximum absolute atomic E-state index is 13.1. The van der Waals surface area contributed by atoms with E-state index < -0.39 is 0 Å². The normalized spacial score (nSPS) is 20.2. The van der Waals surface area contributed by atoms with Gasteiger partial charge in [0.15, 0.2) is 0 Å². The van der Waals surface area contributed by atoms with Crippen molar-refractivity contribution >= 4 is 6.03 Å². The minimum Gasteiger partial charge on any atom is -0.395 e. The van der Waals surface area contributed by atoms with Crippen molar-refractivity contribution in [3.05, 3.63) is 35.6 Å². The zero-order valence-electron chi connectivity index (χ0n) is 9.40. The zero-order valence-corrected chi connectivity index (χ0v) is 9.40. The van der Waals surface area contributed by atoms with Crippen LogP contribution in [0.4, 0.5) is 9.18 Å². The summed E-state index contributed by atoms with van der Waals surface area (Å²) in [5.74, 6) is -0.297. The Morgan fingerprint density at radius 3 is 3.00 bits per heavy atom. The van der Waals surface area contributed by atoms with E-state index in [4.69, 9.17) is 5.11 Å². The van der Waals surface area contributed by atoms with Gasteiger partial charge in [0.25, 0.3) is 0 Å². The van der Waals surface area contributed by atoms with Crippen LogP contribution in [0.5, 0.6) is 0 Å². The van der Waals surface area contributed by atoms with Gasteiger partial charge in [0.2, 0.25) is 0 Å². The van der Waals surface area contributed by atoms with Crippen molar-refractivity contribution in [2.75, 3.05) is 19.7 Å². The number of urea groups is 1. The van der Waals surface area contributed by atoms with Crippen LogP contribution in [0, 0.1) is 5.82 Å². The molecule has 1 aromatic carbocycles. The smallest absolute Gasteiger partial charge is 0.317 e. The predicted molar refractivity (Wildman–Crippen MR) is 60.9 cm³/mol. The summed E-state index contributed by atoms with van der Waals surface area (Å²) in [7, 11) is 0. The average Bonchev–Trinajstić information content (AvgIpc) is 2.32. The van der Waals surface area contributed by atoms with E-state index >= 15 is 0 Å². The van der Waals surface area contributed by atoms with Crippen LogP contribution in [0.3, 0.4) is 0 Å². The second-order valence-electron chi connectivity index (χ2n) is 4.06. The number of aliphatic hydroxyl groups is 1. The van der Waals surface area contributed by atoms with E-state index in [1.54, 1.807) is 17.0 Å². The van der Waals surface area contributed by atoms with Crippen LogP contribution < -0.4 is 5.32 Å². The third kappa shape index (κ3) is 2.74. The molecule has 0 radical (unpaired) electrons. The van der Waals surface area contributed by atoms with Crippen molar-refractivity contribution in [2.24, 2.45) is 0 Å². The molecule has 1 atom stereocenters. The second kappa shape index (κ2) is 5.14. The quantitative estimate of drug-likeness (QED) is 0.833. The largest absolute Gasteiger partial charge is 0.395 e. The van der Waals surface area contributed by atoms with Crippen molar-refractivity contribution in [2.45, 2.75) is 12.5 Å². The third-order valence-electron chi connectivity index (χ3n) is 2.89. The average molecular weight is 238 g/mol. The summed E-state index contributed by atoms with van der Waals surface area (Å²) < 4.78 is 13.1. The zero-order chi connectivity index (χ0) is 12.3. The molecule has 1 fully saturated rings. The number of rotatable bonds is 3. The minimum atomic E-state index is -0.297. The van der Waals surface area contributed by atoms with Gasteiger partial charge in [0.1, 0.15) is 5.82 Å². The molecular weight excluding hydrogens is 223 g/mol. The fourth-order valence-electron chi connectivity index (χ4n) is 2.01. The Balaban J connectivity index is 2.04. The Bertz CT molecular complexity index is 411. The number of carbonyl (C=O) groups excluding carboxylic acids is 1. The fraction of sp³-hybridized carbons (Fsp3) is 0.417. The molecule has 4 nitrogen and oxygen atoms in total. The van der Waals surface area contributed by atoms with Crippen LogP contribution in [-0.4, -0.2) is 35.7 Å². The molecule has 1 aromatic rings. The second-order valence-corrected chi connectivity index (χ2v) is 4.06. The summed E-state index contributed by atoms with van der Waals surface area (Å²) in [6.45, 7) is 0.868. The monoisotopic (exact) mass is 238 g/mol. The van der Waals surface area contributed by atoms with Crippen LogP contribution in [0.15, 0.2) is 24.3 Å². The molecule has 2 amide bonds. The summed E-state index contributed by atoms with van der Waals surface area (Å²) in [6, 6.07) is 5.90. The molecule has 2 N–H and O–H groups in total.